The highest BCUT2D eigenvalue weighted by Gasteiger charge is 2.58. The maximum absolute atomic E-state index is 13.0. The molecule has 1 spiro atoms. The van der Waals surface area contributed by atoms with E-state index in [1.807, 2.05) is 35.0 Å². The van der Waals surface area contributed by atoms with Crippen LogP contribution in [-0.2, 0) is 17.9 Å². The fourth-order valence-electron chi connectivity index (χ4n) is 4.16. The predicted octanol–water partition coefficient (Wildman–Crippen LogP) is 3.54. The van der Waals surface area contributed by atoms with Gasteiger partial charge < -0.3 is 4.90 Å². The van der Waals surface area contributed by atoms with E-state index in [1.165, 1.54) is 12.1 Å². The number of likely N-dealkylation sites (tertiary alicyclic amines) is 1. The first-order valence-corrected chi connectivity index (χ1v) is 10.1. The maximum atomic E-state index is 13.0. The molecule has 1 unspecified atom stereocenters. The van der Waals surface area contributed by atoms with Crippen LogP contribution in [-0.4, -0.2) is 40.8 Å². The van der Waals surface area contributed by atoms with Gasteiger partial charge in [0.2, 0.25) is 5.91 Å². The molecule has 2 aromatic rings. The molecule has 1 aromatic carbocycles. The summed E-state index contributed by atoms with van der Waals surface area (Å²) in [5.41, 5.74) is 4.14. The number of benzene rings is 1. The first-order chi connectivity index (χ1) is 12.6. The maximum Gasteiger partial charge on any atom is 0.226 e. The molecule has 0 radical (unpaired) electrons. The Bertz CT molecular complexity index is 754. The minimum atomic E-state index is -0.188. The van der Waals surface area contributed by atoms with E-state index in [9.17, 15) is 9.18 Å². The molecule has 0 N–H and O–H groups in total. The molecular weight excluding hydrogens is 349 g/mol. The molecule has 1 aliphatic heterocycles. The van der Waals surface area contributed by atoms with Gasteiger partial charge in [0, 0.05) is 24.9 Å². The minimum Gasteiger partial charge on any atom is -0.340 e. The molecular formula is C20H24FN3OS. The average Bonchev–Trinajstić information content (AvgIpc) is 3.08. The predicted molar refractivity (Wildman–Crippen MR) is 100 cm³/mol. The van der Waals surface area contributed by atoms with Crippen molar-refractivity contribution in [3.8, 4) is 0 Å². The Balaban J connectivity index is 1.28. The molecule has 1 aromatic heterocycles. The van der Waals surface area contributed by atoms with Gasteiger partial charge in [-0.2, -0.15) is 0 Å². The van der Waals surface area contributed by atoms with Crippen molar-refractivity contribution in [3.63, 3.8) is 0 Å². The van der Waals surface area contributed by atoms with Crippen molar-refractivity contribution < 1.29 is 9.18 Å². The summed E-state index contributed by atoms with van der Waals surface area (Å²) in [5.74, 6) is 0.261. The van der Waals surface area contributed by atoms with Crippen LogP contribution in [0.2, 0.25) is 0 Å². The Morgan fingerprint density at radius 3 is 2.73 bits per heavy atom. The van der Waals surface area contributed by atoms with E-state index in [4.69, 9.17) is 0 Å². The van der Waals surface area contributed by atoms with Gasteiger partial charge in [-0.25, -0.2) is 9.37 Å². The number of hydrogen-bond acceptors (Lipinski definition) is 4. The summed E-state index contributed by atoms with van der Waals surface area (Å²) >= 11 is 1.57. The molecule has 1 amide bonds. The first kappa shape index (κ1) is 17.6. The van der Waals surface area contributed by atoms with E-state index in [0.717, 1.165) is 50.2 Å². The Kier molecular flexibility index (Phi) is 4.80. The van der Waals surface area contributed by atoms with Gasteiger partial charge in [0.15, 0.2) is 0 Å². The Labute approximate surface area is 157 Å². The van der Waals surface area contributed by atoms with Crippen LogP contribution in [0.3, 0.4) is 0 Å². The van der Waals surface area contributed by atoms with Crippen molar-refractivity contribution in [3.05, 3.63) is 52.2 Å². The quantitative estimate of drug-likeness (QED) is 0.804. The summed E-state index contributed by atoms with van der Waals surface area (Å²) in [7, 11) is 1.89. The third kappa shape index (κ3) is 3.67. The van der Waals surface area contributed by atoms with E-state index in [2.05, 4.69) is 9.88 Å². The van der Waals surface area contributed by atoms with E-state index >= 15 is 0 Å². The first-order valence-electron chi connectivity index (χ1n) is 9.15. The zero-order valence-corrected chi connectivity index (χ0v) is 15.8. The van der Waals surface area contributed by atoms with Gasteiger partial charge in [0.1, 0.15) is 5.82 Å². The average molecular weight is 373 g/mol. The minimum absolute atomic E-state index is 0.180. The second-order valence-corrected chi connectivity index (χ2v) is 8.41. The fourth-order valence-corrected chi connectivity index (χ4v) is 4.71. The van der Waals surface area contributed by atoms with E-state index in [-0.39, 0.29) is 23.1 Å². The van der Waals surface area contributed by atoms with E-state index < -0.39 is 0 Å². The van der Waals surface area contributed by atoms with Gasteiger partial charge in [-0.05, 0) is 55.5 Å². The number of piperidine rings is 1. The molecule has 4 rings (SSSR count). The lowest BCUT2D eigenvalue weighted by Crippen LogP contribution is -2.37. The third-order valence-corrected chi connectivity index (χ3v) is 6.55. The van der Waals surface area contributed by atoms with Crippen molar-refractivity contribution in [2.75, 3.05) is 20.1 Å². The van der Waals surface area contributed by atoms with Crippen molar-refractivity contribution in [1.29, 1.82) is 0 Å². The molecule has 138 valence electrons. The molecule has 6 heteroatoms. The Hall–Kier alpha value is -1.79. The molecule has 1 saturated heterocycles. The molecule has 2 heterocycles. The summed E-state index contributed by atoms with van der Waals surface area (Å²) < 4.78 is 13.0. The van der Waals surface area contributed by atoms with Gasteiger partial charge in [-0.15, -0.1) is 11.3 Å². The van der Waals surface area contributed by atoms with Crippen LogP contribution in [0.1, 0.15) is 30.5 Å². The topological polar surface area (TPSA) is 36.4 Å². The highest BCUT2D eigenvalue weighted by Crippen LogP contribution is 2.60. The van der Waals surface area contributed by atoms with E-state index in [1.54, 1.807) is 11.3 Å². The van der Waals surface area contributed by atoms with Crippen LogP contribution < -0.4 is 0 Å². The van der Waals surface area contributed by atoms with Crippen LogP contribution in [0.5, 0.6) is 0 Å². The van der Waals surface area contributed by atoms with Gasteiger partial charge >= 0.3 is 0 Å². The number of carbonyl (C=O) groups excluding carboxylic acids is 1. The largest absolute Gasteiger partial charge is 0.340 e. The summed E-state index contributed by atoms with van der Waals surface area (Å²) in [4.78, 5) is 21.3. The van der Waals surface area contributed by atoms with Crippen LogP contribution in [0, 0.1) is 17.2 Å². The smallest absolute Gasteiger partial charge is 0.226 e. The second-order valence-electron chi connectivity index (χ2n) is 7.70. The summed E-state index contributed by atoms with van der Waals surface area (Å²) in [6.45, 7) is 3.48. The lowest BCUT2D eigenvalue weighted by atomic mass is 9.90. The van der Waals surface area contributed by atoms with Crippen LogP contribution in [0.15, 0.2) is 35.2 Å². The molecule has 1 atom stereocenters. The SMILES string of the molecule is CN(Cc1cscn1)C(=O)C1CC12CCN(Cc1ccc(F)cc1)CC2. The fraction of sp³-hybridized carbons (Fsp3) is 0.500. The summed E-state index contributed by atoms with van der Waals surface area (Å²) in [6, 6.07) is 6.76. The Morgan fingerprint density at radius 1 is 1.35 bits per heavy atom. The van der Waals surface area contributed by atoms with Crippen LogP contribution in [0.25, 0.3) is 0 Å². The highest BCUT2D eigenvalue weighted by atomic mass is 32.1. The van der Waals surface area contributed by atoms with Gasteiger partial charge in [-0.1, -0.05) is 12.1 Å². The lowest BCUT2D eigenvalue weighted by molar-refractivity contribution is -0.133. The van der Waals surface area contributed by atoms with Gasteiger partial charge in [-0.3, -0.25) is 9.69 Å². The number of amides is 1. The number of halogens is 1. The van der Waals surface area contributed by atoms with Crippen LogP contribution >= 0.6 is 11.3 Å². The molecule has 2 aliphatic rings. The zero-order chi connectivity index (χ0) is 18.1. The van der Waals surface area contributed by atoms with Crippen molar-refractivity contribution in [2.24, 2.45) is 11.3 Å². The standard InChI is InChI=1S/C20H24FN3OS/c1-23(12-17-13-26-14-22-17)19(25)18-10-20(18)6-8-24(9-7-20)11-15-2-4-16(21)5-3-15/h2-5,13-14,18H,6-12H2,1H3. The second kappa shape index (κ2) is 7.08. The monoisotopic (exact) mass is 373 g/mol. The number of carbonyl (C=O) groups is 1. The summed E-state index contributed by atoms with van der Waals surface area (Å²) in [6.07, 6.45) is 3.18. The normalized spacial score (nSPS) is 21.7. The van der Waals surface area contributed by atoms with Gasteiger partial charge in [0.05, 0.1) is 17.7 Å². The molecule has 26 heavy (non-hydrogen) atoms. The third-order valence-electron chi connectivity index (χ3n) is 5.92. The zero-order valence-electron chi connectivity index (χ0n) is 15.0. The lowest BCUT2D eigenvalue weighted by Gasteiger charge is -2.33. The highest BCUT2D eigenvalue weighted by molar-refractivity contribution is 7.07. The number of aromatic nitrogens is 1. The Morgan fingerprint density at radius 2 is 2.08 bits per heavy atom. The molecule has 2 fully saturated rings. The van der Waals surface area contributed by atoms with Crippen molar-refractivity contribution >= 4 is 17.2 Å². The summed E-state index contributed by atoms with van der Waals surface area (Å²) in [5, 5.41) is 2.00. The van der Waals surface area contributed by atoms with Crippen molar-refractivity contribution in [1.82, 2.24) is 14.8 Å². The van der Waals surface area contributed by atoms with Crippen LogP contribution in [0.4, 0.5) is 4.39 Å². The number of nitrogens with zero attached hydrogens (tertiary/aromatic N) is 3. The van der Waals surface area contributed by atoms with E-state index in [0.29, 0.717) is 6.54 Å². The number of hydrogen-bond donors (Lipinski definition) is 0. The molecule has 1 saturated carbocycles. The molecule has 0 bridgehead atoms. The van der Waals surface area contributed by atoms with Gasteiger partial charge in [0.25, 0.3) is 0 Å². The molecule has 1 aliphatic carbocycles. The number of thiazole rings is 1. The van der Waals surface area contributed by atoms with Crippen molar-refractivity contribution in [2.45, 2.75) is 32.4 Å². The molecule has 4 nitrogen and oxygen atoms in total. The number of rotatable bonds is 5.